The fourth-order valence-electron chi connectivity index (χ4n) is 1.38. The normalized spacial score (nSPS) is 10.5. The SMILES string of the molecule is CCN(CC)CC(=O)Nc1ccc(I)cc1. The zero-order valence-electron chi connectivity index (χ0n) is 9.66. The van der Waals surface area contributed by atoms with Crippen LogP contribution in [0.2, 0.25) is 0 Å². The van der Waals surface area contributed by atoms with Crippen molar-refractivity contribution in [3.63, 3.8) is 0 Å². The van der Waals surface area contributed by atoms with Crippen molar-refractivity contribution in [3.05, 3.63) is 27.8 Å². The first kappa shape index (κ1) is 13.4. The predicted octanol–water partition coefficient (Wildman–Crippen LogP) is 2.57. The fourth-order valence-corrected chi connectivity index (χ4v) is 1.74. The quantitative estimate of drug-likeness (QED) is 0.841. The summed E-state index contributed by atoms with van der Waals surface area (Å²) in [7, 11) is 0. The second-order valence-corrected chi connectivity index (χ2v) is 4.76. The Kier molecular flexibility index (Phi) is 5.76. The molecule has 1 amide bonds. The van der Waals surface area contributed by atoms with Crippen molar-refractivity contribution < 1.29 is 4.79 Å². The maximum Gasteiger partial charge on any atom is 0.238 e. The lowest BCUT2D eigenvalue weighted by atomic mass is 10.3. The van der Waals surface area contributed by atoms with E-state index in [1.54, 1.807) is 0 Å². The van der Waals surface area contributed by atoms with Gasteiger partial charge in [0.1, 0.15) is 0 Å². The highest BCUT2D eigenvalue weighted by Gasteiger charge is 2.06. The highest BCUT2D eigenvalue weighted by atomic mass is 127. The molecule has 1 rings (SSSR count). The number of carbonyl (C=O) groups excluding carboxylic acids is 1. The lowest BCUT2D eigenvalue weighted by Crippen LogP contribution is -2.32. The number of benzene rings is 1. The lowest BCUT2D eigenvalue weighted by molar-refractivity contribution is -0.117. The van der Waals surface area contributed by atoms with Gasteiger partial charge in [-0.3, -0.25) is 9.69 Å². The van der Waals surface area contributed by atoms with Gasteiger partial charge in [0.05, 0.1) is 6.54 Å². The summed E-state index contributed by atoms with van der Waals surface area (Å²) in [5.41, 5.74) is 0.859. The number of nitrogens with one attached hydrogen (secondary N) is 1. The zero-order valence-corrected chi connectivity index (χ0v) is 11.8. The number of amides is 1. The van der Waals surface area contributed by atoms with Gasteiger partial charge in [0.15, 0.2) is 0 Å². The molecule has 4 heteroatoms. The molecule has 0 unspecified atom stereocenters. The van der Waals surface area contributed by atoms with Crippen LogP contribution in [-0.2, 0) is 4.79 Å². The molecule has 0 heterocycles. The van der Waals surface area contributed by atoms with E-state index in [0.717, 1.165) is 18.8 Å². The molecule has 0 aliphatic rings. The van der Waals surface area contributed by atoms with Crippen LogP contribution in [0.3, 0.4) is 0 Å². The number of nitrogens with zero attached hydrogens (tertiary/aromatic N) is 1. The van der Waals surface area contributed by atoms with Crippen molar-refractivity contribution >= 4 is 34.2 Å². The van der Waals surface area contributed by atoms with Crippen molar-refractivity contribution in [2.24, 2.45) is 0 Å². The maximum atomic E-state index is 11.7. The molecule has 0 saturated carbocycles. The highest BCUT2D eigenvalue weighted by Crippen LogP contribution is 2.10. The van der Waals surface area contributed by atoms with Gasteiger partial charge in [-0.15, -0.1) is 0 Å². The first-order valence-corrected chi connectivity index (χ1v) is 6.51. The summed E-state index contributed by atoms with van der Waals surface area (Å²) in [5, 5.41) is 2.88. The first-order valence-electron chi connectivity index (χ1n) is 5.43. The smallest absolute Gasteiger partial charge is 0.238 e. The summed E-state index contributed by atoms with van der Waals surface area (Å²) < 4.78 is 1.17. The van der Waals surface area contributed by atoms with E-state index in [0.29, 0.717) is 6.54 Å². The van der Waals surface area contributed by atoms with Crippen LogP contribution >= 0.6 is 22.6 Å². The molecule has 0 aliphatic carbocycles. The molecule has 0 aliphatic heterocycles. The summed E-state index contributed by atoms with van der Waals surface area (Å²) in [6, 6.07) is 7.80. The minimum atomic E-state index is 0.0462. The minimum Gasteiger partial charge on any atom is -0.325 e. The number of rotatable bonds is 5. The molecule has 0 radical (unpaired) electrons. The number of likely N-dealkylation sites (N-methyl/N-ethyl adjacent to an activating group) is 1. The van der Waals surface area contributed by atoms with Crippen LogP contribution in [0, 0.1) is 3.57 Å². The van der Waals surface area contributed by atoms with Gasteiger partial charge < -0.3 is 5.32 Å². The van der Waals surface area contributed by atoms with E-state index in [4.69, 9.17) is 0 Å². The van der Waals surface area contributed by atoms with Crippen LogP contribution in [0.25, 0.3) is 0 Å². The maximum absolute atomic E-state index is 11.7. The Morgan fingerprint density at radius 2 is 1.81 bits per heavy atom. The molecule has 0 aromatic heterocycles. The van der Waals surface area contributed by atoms with Crippen molar-refractivity contribution in [2.75, 3.05) is 25.0 Å². The van der Waals surface area contributed by atoms with Crippen LogP contribution < -0.4 is 5.32 Å². The van der Waals surface area contributed by atoms with Gasteiger partial charge in [-0.2, -0.15) is 0 Å². The molecule has 0 spiro atoms. The third-order valence-corrected chi connectivity index (χ3v) is 3.11. The number of halogens is 1. The number of anilines is 1. The van der Waals surface area contributed by atoms with Crippen LogP contribution in [0.5, 0.6) is 0 Å². The van der Waals surface area contributed by atoms with E-state index in [1.807, 2.05) is 24.3 Å². The number of hydrogen-bond acceptors (Lipinski definition) is 2. The first-order chi connectivity index (χ1) is 7.65. The second kappa shape index (κ2) is 6.85. The molecule has 16 heavy (non-hydrogen) atoms. The summed E-state index contributed by atoms with van der Waals surface area (Å²) in [5.74, 6) is 0.0462. The highest BCUT2D eigenvalue weighted by molar-refractivity contribution is 14.1. The Morgan fingerprint density at radius 1 is 1.25 bits per heavy atom. The van der Waals surface area contributed by atoms with Gasteiger partial charge in [0.25, 0.3) is 0 Å². The third kappa shape index (κ3) is 4.49. The van der Waals surface area contributed by atoms with Crippen molar-refractivity contribution in [1.29, 1.82) is 0 Å². The van der Waals surface area contributed by atoms with Crippen LogP contribution in [-0.4, -0.2) is 30.4 Å². The molecule has 1 aromatic rings. The molecule has 0 fully saturated rings. The predicted molar refractivity (Wildman–Crippen MR) is 75.6 cm³/mol. The molecule has 0 bridgehead atoms. The van der Waals surface area contributed by atoms with Crippen LogP contribution in [0.1, 0.15) is 13.8 Å². The van der Waals surface area contributed by atoms with E-state index in [2.05, 4.69) is 46.7 Å². The van der Waals surface area contributed by atoms with Gasteiger partial charge in [-0.05, 0) is 59.9 Å². The van der Waals surface area contributed by atoms with Crippen molar-refractivity contribution in [1.82, 2.24) is 4.90 Å². The molecule has 88 valence electrons. The third-order valence-electron chi connectivity index (χ3n) is 2.39. The lowest BCUT2D eigenvalue weighted by Gasteiger charge is -2.17. The van der Waals surface area contributed by atoms with E-state index < -0.39 is 0 Å². The van der Waals surface area contributed by atoms with Crippen LogP contribution in [0.4, 0.5) is 5.69 Å². The zero-order chi connectivity index (χ0) is 12.0. The largest absolute Gasteiger partial charge is 0.325 e. The van der Waals surface area contributed by atoms with E-state index in [1.165, 1.54) is 3.57 Å². The average Bonchev–Trinajstić information content (AvgIpc) is 2.29. The Morgan fingerprint density at radius 3 is 2.31 bits per heavy atom. The van der Waals surface area contributed by atoms with Gasteiger partial charge in [-0.25, -0.2) is 0 Å². The van der Waals surface area contributed by atoms with E-state index >= 15 is 0 Å². The van der Waals surface area contributed by atoms with Gasteiger partial charge in [-0.1, -0.05) is 13.8 Å². The standard InChI is InChI=1S/C12H17IN2O/c1-3-15(4-2)9-12(16)14-11-7-5-10(13)6-8-11/h5-8H,3-4,9H2,1-2H3,(H,14,16). The fraction of sp³-hybridized carbons (Fsp3) is 0.417. The Hall–Kier alpha value is -0.620. The molecule has 1 N–H and O–H groups in total. The summed E-state index contributed by atoms with van der Waals surface area (Å²) in [4.78, 5) is 13.8. The van der Waals surface area contributed by atoms with Crippen molar-refractivity contribution in [3.8, 4) is 0 Å². The minimum absolute atomic E-state index is 0.0462. The molecular weight excluding hydrogens is 315 g/mol. The molecule has 1 aromatic carbocycles. The Labute approximate surface area is 110 Å². The summed E-state index contributed by atoms with van der Waals surface area (Å²) in [6.07, 6.45) is 0. The molecule has 0 saturated heterocycles. The number of hydrogen-bond donors (Lipinski definition) is 1. The molecular formula is C12H17IN2O. The van der Waals surface area contributed by atoms with Gasteiger partial charge in [0.2, 0.25) is 5.91 Å². The summed E-state index contributed by atoms with van der Waals surface area (Å²) >= 11 is 2.24. The Bertz CT molecular complexity index is 333. The Balaban J connectivity index is 2.48. The molecule has 3 nitrogen and oxygen atoms in total. The monoisotopic (exact) mass is 332 g/mol. The van der Waals surface area contributed by atoms with Crippen molar-refractivity contribution in [2.45, 2.75) is 13.8 Å². The topological polar surface area (TPSA) is 32.3 Å². The molecule has 0 atom stereocenters. The average molecular weight is 332 g/mol. The van der Waals surface area contributed by atoms with E-state index in [9.17, 15) is 4.79 Å². The summed E-state index contributed by atoms with van der Waals surface area (Å²) in [6.45, 7) is 6.37. The number of carbonyl (C=O) groups is 1. The van der Waals surface area contributed by atoms with Gasteiger partial charge >= 0.3 is 0 Å². The van der Waals surface area contributed by atoms with E-state index in [-0.39, 0.29) is 5.91 Å². The van der Waals surface area contributed by atoms with Crippen LogP contribution in [0.15, 0.2) is 24.3 Å². The van der Waals surface area contributed by atoms with Gasteiger partial charge in [0, 0.05) is 9.26 Å². The second-order valence-electron chi connectivity index (χ2n) is 3.52.